The van der Waals surface area contributed by atoms with E-state index in [0.717, 1.165) is 15.9 Å². The Hall–Kier alpha value is -2.11. The number of carbonyl (C=O) groups is 1. The van der Waals surface area contributed by atoms with E-state index >= 15 is 0 Å². The summed E-state index contributed by atoms with van der Waals surface area (Å²) in [6.07, 6.45) is 1.67. The number of para-hydroxylation sites is 2. The van der Waals surface area contributed by atoms with Crippen LogP contribution >= 0.6 is 23.4 Å². The van der Waals surface area contributed by atoms with Crippen molar-refractivity contribution in [1.82, 2.24) is 9.97 Å². The number of hydrogen-bond acceptors (Lipinski definition) is 4. The molecule has 4 nitrogen and oxygen atoms in total. The molecule has 3 rings (SSSR count). The van der Waals surface area contributed by atoms with Crippen molar-refractivity contribution in [2.24, 2.45) is 0 Å². The van der Waals surface area contributed by atoms with Gasteiger partial charge in [0.15, 0.2) is 0 Å². The Morgan fingerprint density at radius 3 is 2.67 bits per heavy atom. The van der Waals surface area contributed by atoms with Crippen molar-refractivity contribution in [2.45, 2.75) is 9.92 Å². The fraction of sp³-hybridized carbons (Fsp3) is 0. The number of hydrogen-bond donors (Lipinski definition) is 1. The molecule has 2 aromatic carbocycles. The Labute approximate surface area is 129 Å². The van der Waals surface area contributed by atoms with Gasteiger partial charge in [0.25, 0.3) is 0 Å². The number of rotatable bonds is 3. The molecule has 0 radical (unpaired) electrons. The molecule has 0 bridgehead atoms. The van der Waals surface area contributed by atoms with Crippen LogP contribution in [-0.4, -0.2) is 21.0 Å². The minimum Gasteiger partial charge on any atom is -0.478 e. The van der Waals surface area contributed by atoms with E-state index in [4.69, 9.17) is 16.7 Å². The van der Waals surface area contributed by atoms with Crippen LogP contribution in [0.1, 0.15) is 10.4 Å². The van der Waals surface area contributed by atoms with E-state index in [1.165, 1.54) is 17.8 Å². The van der Waals surface area contributed by atoms with Gasteiger partial charge in [0.1, 0.15) is 5.03 Å². The van der Waals surface area contributed by atoms with E-state index in [9.17, 15) is 4.79 Å². The van der Waals surface area contributed by atoms with Crippen LogP contribution in [0.2, 0.25) is 5.02 Å². The van der Waals surface area contributed by atoms with Gasteiger partial charge in [0, 0.05) is 4.90 Å². The molecule has 0 fully saturated rings. The molecular weight excluding hydrogens is 308 g/mol. The van der Waals surface area contributed by atoms with Gasteiger partial charge in [-0.1, -0.05) is 35.5 Å². The third kappa shape index (κ3) is 2.99. The second kappa shape index (κ2) is 5.71. The Balaban J connectivity index is 1.94. The summed E-state index contributed by atoms with van der Waals surface area (Å²) in [7, 11) is 0. The molecule has 0 atom stereocenters. The first-order valence-corrected chi connectivity index (χ1v) is 7.25. The van der Waals surface area contributed by atoms with E-state index < -0.39 is 5.97 Å². The number of halogens is 1. The summed E-state index contributed by atoms with van der Waals surface area (Å²) in [5.41, 5.74) is 1.70. The standard InChI is InChI=1S/C15H9ClN2O2S/c16-11-6-5-9(7-10(11)15(19)20)21-14-8-17-12-3-1-2-4-13(12)18-14/h1-8H,(H,19,20). The molecule has 3 aromatic rings. The van der Waals surface area contributed by atoms with E-state index in [-0.39, 0.29) is 10.6 Å². The van der Waals surface area contributed by atoms with Crippen LogP contribution in [0.5, 0.6) is 0 Å². The summed E-state index contributed by atoms with van der Waals surface area (Å²) in [6.45, 7) is 0. The molecule has 1 aromatic heterocycles. The summed E-state index contributed by atoms with van der Waals surface area (Å²) in [5.74, 6) is -1.05. The van der Waals surface area contributed by atoms with Gasteiger partial charge in [-0.05, 0) is 30.3 Å². The second-order valence-corrected chi connectivity index (χ2v) is 5.75. The third-order valence-corrected chi connectivity index (χ3v) is 4.04. The molecular formula is C15H9ClN2O2S. The summed E-state index contributed by atoms with van der Waals surface area (Å²) in [5, 5.41) is 10.00. The van der Waals surface area contributed by atoms with Crippen molar-refractivity contribution in [1.29, 1.82) is 0 Å². The Morgan fingerprint density at radius 2 is 1.90 bits per heavy atom. The molecule has 104 valence electrons. The van der Waals surface area contributed by atoms with Crippen molar-refractivity contribution in [2.75, 3.05) is 0 Å². The quantitative estimate of drug-likeness (QED) is 0.787. The van der Waals surface area contributed by atoms with Crippen molar-refractivity contribution in [3.63, 3.8) is 0 Å². The number of benzene rings is 2. The topological polar surface area (TPSA) is 63.1 Å². The number of fused-ring (bicyclic) bond motifs is 1. The lowest BCUT2D eigenvalue weighted by Gasteiger charge is -2.04. The predicted octanol–water partition coefficient (Wildman–Crippen LogP) is 4.13. The van der Waals surface area contributed by atoms with Gasteiger partial charge in [-0.3, -0.25) is 4.98 Å². The van der Waals surface area contributed by atoms with E-state index in [2.05, 4.69) is 9.97 Å². The molecule has 0 aliphatic carbocycles. The Morgan fingerprint density at radius 1 is 1.14 bits per heavy atom. The lowest BCUT2D eigenvalue weighted by atomic mass is 10.2. The number of nitrogens with zero attached hydrogens (tertiary/aromatic N) is 2. The lowest BCUT2D eigenvalue weighted by Crippen LogP contribution is -1.97. The van der Waals surface area contributed by atoms with Gasteiger partial charge in [-0.2, -0.15) is 0 Å². The molecule has 0 aliphatic heterocycles. The average Bonchev–Trinajstić information content (AvgIpc) is 2.49. The maximum Gasteiger partial charge on any atom is 0.337 e. The smallest absolute Gasteiger partial charge is 0.337 e. The van der Waals surface area contributed by atoms with Crippen LogP contribution in [0.15, 0.2) is 58.6 Å². The highest BCUT2D eigenvalue weighted by Gasteiger charge is 2.10. The zero-order valence-corrected chi connectivity index (χ0v) is 12.2. The largest absolute Gasteiger partial charge is 0.478 e. The molecule has 0 amide bonds. The Bertz CT molecular complexity index is 839. The third-order valence-electron chi connectivity index (χ3n) is 2.82. The summed E-state index contributed by atoms with van der Waals surface area (Å²) in [6, 6.07) is 12.4. The first-order valence-electron chi connectivity index (χ1n) is 6.06. The Kier molecular flexibility index (Phi) is 3.77. The lowest BCUT2D eigenvalue weighted by molar-refractivity contribution is 0.0697. The van der Waals surface area contributed by atoms with Crippen molar-refractivity contribution in [3.8, 4) is 0 Å². The fourth-order valence-electron chi connectivity index (χ4n) is 1.84. The van der Waals surface area contributed by atoms with E-state index in [1.54, 1.807) is 18.3 Å². The summed E-state index contributed by atoms with van der Waals surface area (Å²) >= 11 is 7.20. The van der Waals surface area contributed by atoms with Crippen molar-refractivity contribution < 1.29 is 9.90 Å². The predicted molar refractivity (Wildman–Crippen MR) is 82.1 cm³/mol. The number of carboxylic acid groups (broad SMARTS) is 1. The normalized spacial score (nSPS) is 10.7. The van der Waals surface area contributed by atoms with Crippen LogP contribution in [0.25, 0.3) is 11.0 Å². The van der Waals surface area contributed by atoms with Gasteiger partial charge in [-0.25, -0.2) is 9.78 Å². The number of aromatic carboxylic acids is 1. The second-order valence-electron chi connectivity index (χ2n) is 4.25. The van der Waals surface area contributed by atoms with Crippen LogP contribution in [0.3, 0.4) is 0 Å². The first kappa shape index (κ1) is 13.9. The SMILES string of the molecule is O=C(O)c1cc(Sc2cnc3ccccc3n2)ccc1Cl. The highest BCUT2D eigenvalue weighted by atomic mass is 35.5. The van der Waals surface area contributed by atoms with Crippen LogP contribution in [0.4, 0.5) is 0 Å². The molecule has 0 saturated carbocycles. The maximum absolute atomic E-state index is 11.1. The summed E-state index contributed by atoms with van der Waals surface area (Å²) < 4.78 is 0. The molecule has 6 heteroatoms. The van der Waals surface area contributed by atoms with Crippen molar-refractivity contribution >= 4 is 40.4 Å². The molecule has 0 aliphatic rings. The van der Waals surface area contributed by atoms with Gasteiger partial charge in [0.05, 0.1) is 27.8 Å². The van der Waals surface area contributed by atoms with Crippen LogP contribution in [0, 0.1) is 0 Å². The van der Waals surface area contributed by atoms with Gasteiger partial charge in [-0.15, -0.1) is 0 Å². The van der Waals surface area contributed by atoms with Gasteiger partial charge >= 0.3 is 5.97 Å². The van der Waals surface area contributed by atoms with Crippen LogP contribution in [-0.2, 0) is 0 Å². The van der Waals surface area contributed by atoms with Crippen molar-refractivity contribution in [3.05, 3.63) is 59.2 Å². The number of carboxylic acids is 1. The molecule has 1 heterocycles. The molecule has 0 unspecified atom stereocenters. The average molecular weight is 317 g/mol. The highest BCUT2D eigenvalue weighted by Crippen LogP contribution is 2.29. The monoisotopic (exact) mass is 316 g/mol. The zero-order valence-electron chi connectivity index (χ0n) is 10.7. The van der Waals surface area contributed by atoms with Gasteiger partial charge in [0.2, 0.25) is 0 Å². The first-order chi connectivity index (χ1) is 10.1. The minimum absolute atomic E-state index is 0.0791. The van der Waals surface area contributed by atoms with E-state index in [0.29, 0.717) is 5.03 Å². The fourth-order valence-corrected chi connectivity index (χ4v) is 2.84. The van der Waals surface area contributed by atoms with Crippen LogP contribution < -0.4 is 0 Å². The van der Waals surface area contributed by atoms with Gasteiger partial charge < -0.3 is 5.11 Å². The molecule has 1 N–H and O–H groups in total. The molecule has 0 spiro atoms. The number of aromatic nitrogens is 2. The van der Waals surface area contributed by atoms with E-state index in [1.807, 2.05) is 24.3 Å². The summed E-state index contributed by atoms with van der Waals surface area (Å²) in [4.78, 5) is 20.6. The zero-order chi connectivity index (χ0) is 14.8. The highest BCUT2D eigenvalue weighted by molar-refractivity contribution is 7.99. The maximum atomic E-state index is 11.1. The minimum atomic E-state index is -1.05. The molecule has 0 saturated heterocycles. The molecule has 21 heavy (non-hydrogen) atoms.